The number of halogens is 2. The van der Waals surface area contributed by atoms with Crippen molar-refractivity contribution in [2.45, 2.75) is 6.92 Å². The Labute approximate surface area is 88.6 Å². The van der Waals surface area contributed by atoms with Gasteiger partial charge in [0.2, 0.25) is 0 Å². The largest absolute Gasteiger partial charge is 0.384 e. The molecule has 0 saturated heterocycles. The van der Waals surface area contributed by atoms with E-state index in [-0.39, 0.29) is 0 Å². The van der Waals surface area contributed by atoms with Gasteiger partial charge in [0.05, 0.1) is 16.7 Å². The summed E-state index contributed by atoms with van der Waals surface area (Å²) in [6.07, 6.45) is 0. The molecule has 0 aliphatic rings. The Balaban J connectivity index is 2.93. The van der Waals surface area contributed by atoms with Gasteiger partial charge < -0.3 is 4.74 Å². The molecule has 1 nitrogen and oxygen atoms in total. The highest BCUT2D eigenvalue weighted by atomic mass is 35.5. The van der Waals surface area contributed by atoms with Gasteiger partial charge >= 0.3 is 0 Å². The van der Waals surface area contributed by atoms with Gasteiger partial charge in [-0.05, 0) is 11.6 Å². The third kappa shape index (κ3) is 2.60. The molecule has 0 heterocycles. The topological polar surface area (TPSA) is 9.23 Å². The van der Waals surface area contributed by atoms with Gasteiger partial charge in [-0.1, -0.05) is 42.3 Å². The Morgan fingerprint density at radius 2 is 2.08 bits per heavy atom. The summed E-state index contributed by atoms with van der Waals surface area (Å²) in [5.74, 6) is 1.08. The quantitative estimate of drug-likeness (QED) is 0.753. The number of methoxy groups -OCH3 is 1. The van der Waals surface area contributed by atoms with E-state index in [2.05, 4.69) is 0 Å². The monoisotopic (exact) mass is 217 g/mol. The van der Waals surface area contributed by atoms with Gasteiger partial charge in [0, 0.05) is 13.0 Å². The zero-order chi connectivity index (χ0) is 9.84. The van der Waals surface area contributed by atoms with Crippen LogP contribution in [0.4, 0.5) is 0 Å². The van der Waals surface area contributed by atoms with E-state index >= 15 is 0 Å². The number of hydrogen-bond donors (Lipinski definition) is 0. The second-order valence-corrected chi connectivity index (χ2v) is 3.60. The van der Waals surface area contributed by atoms with Crippen LogP contribution in [0.5, 0.6) is 0 Å². The summed E-state index contributed by atoms with van der Waals surface area (Å²) < 4.78 is 5.01. The van der Waals surface area contributed by atoms with Gasteiger partial charge in [-0.3, -0.25) is 0 Å². The first kappa shape index (κ1) is 10.8. The molecule has 13 heavy (non-hydrogen) atoms. The lowest BCUT2D eigenvalue weighted by Crippen LogP contribution is -2.03. The molecule has 0 unspecified atom stereocenters. The van der Waals surface area contributed by atoms with E-state index in [4.69, 9.17) is 27.9 Å². The number of benzene rings is 1. The van der Waals surface area contributed by atoms with Gasteiger partial charge in [-0.15, -0.1) is 0 Å². The molecule has 0 atom stereocenters. The van der Waals surface area contributed by atoms with Gasteiger partial charge in [0.25, 0.3) is 0 Å². The van der Waals surface area contributed by atoms with Crippen LogP contribution in [0.1, 0.15) is 12.5 Å². The molecule has 0 aromatic heterocycles. The molecule has 0 saturated carbocycles. The van der Waals surface area contributed by atoms with Gasteiger partial charge in [-0.25, -0.2) is 0 Å². The fourth-order valence-corrected chi connectivity index (χ4v) is 1.59. The van der Waals surface area contributed by atoms with Crippen LogP contribution in [0, 0.1) is 5.92 Å². The summed E-state index contributed by atoms with van der Waals surface area (Å²) in [4.78, 5) is 0. The second kappa shape index (κ2) is 4.85. The number of ether oxygens (including phenoxy) is 1. The summed E-state index contributed by atoms with van der Waals surface area (Å²) in [6.45, 7) is 2.54. The van der Waals surface area contributed by atoms with E-state index in [9.17, 15) is 0 Å². The predicted molar refractivity (Wildman–Crippen MR) is 56.4 cm³/mol. The van der Waals surface area contributed by atoms with Crippen molar-refractivity contribution in [3.05, 3.63) is 39.7 Å². The Kier molecular flexibility index (Phi) is 4.04. The highest BCUT2D eigenvalue weighted by Gasteiger charge is 2.11. The van der Waals surface area contributed by atoms with Crippen LogP contribution in [-0.2, 0) is 4.74 Å². The first-order valence-corrected chi connectivity index (χ1v) is 4.68. The SMILES string of the molecule is COC[C](C)c1cccc(Cl)c1Cl. The lowest BCUT2D eigenvalue weighted by Gasteiger charge is -2.12. The van der Waals surface area contributed by atoms with E-state index in [0.29, 0.717) is 16.7 Å². The molecule has 1 radical (unpaired) electrons. The Bertz CT molecular complexity index is 286. The standard InChI is InChI=1S/C10H11Cl2O/c1-7(6-13-2)8-4-3-5-9(11)10(8)12/h3-5H,6H2,1-2H3. The first-order chi connectivity index (χ1) is 6.16. The Morgan fingerprint density at radius 3 is 2.69 bits per heavy atom. The third-order valence-electron chi connectivity index (χ3n) is 1.77. The summed E-state index contributed by atoms with van der Waals surface area (Å²) in [5.41, 5.74) is 0.955. The van der Waals surface area contributed by atoms with Gasteiger partial charge in [0.1, 0.15) is 0 Å². The van der Waals surface area contributed by atoms with E-state index < -0.39 is 0 Å². The molecule has 0 N–H and O–H groups in total. The minimum Gasteiger partial charge on any atom is -0.384 e. The van der Waals surface area contributed by atoms with Crippen molar-refractivity contribution >= 4 is 23.2 Å². The highest BCUT2D eigenvalue weighted by molar-refractivity contribution is 6.42. The molecule has 3 heteroatoms. The van der Waals surface area contributed by atoms with Crippen molar-refractivity contribution in [2.75, 3.05) is 13.7 Å². The van der Waals surface area contributed by atoms with Crippen molar-refractivity contribution in [1.29, 1.82) is 0 Å². The fourth-order valence-electron chi connectivity index (χ4n) is 1.13. The molecular weight excluding hydrogens is 207 g/mol. The second-order valence-electron chi connectivity index (χ2n) is 2.81. The molecule has 0 aliphatic carbocycles. The van der Waals surface area contributed by atoms with Crippen LogP contribution in [0.25, 0.3) is 0 Å². The molecule has 0 bridgehead atoms. The lowest BCUT2D eigenvalue weighted by atomic mass is 10.0. The Hall–Kier alpha value is -0.240. The van der Waals surface area contributed by atoms with Crippen LogP contribution >= 0.6 is 23.2 Å². The van der Waals surface area contributed by atoms with Crippen LogP contribution < -0.4 is 0 Å². The highest BCUT2D eigenvalue weighted by Crippen LogP contribution is 2.30. The lowest BCUT2D eigenvalue weighted by molar-refractivity contribution is 0.214. The van der Waals surface area contributed by atoms with Crippen molar-refractivity contribution in [3.8, 4) is 0 Å². The molecule has 71 valence electrons. The average Bonchev–Trinajstić information content (AvgIpc) is 2.10. The van der Waals surface area contributed by atoms with Crippen molar-refractivity contribution in [3.63, 3.8) is 0 Å². The fraction of sp³-hybridized carbons (Fsp3) is 0.300. The molecule has 0 fully saturated rings. The zero-order valence-corrected chi connectivity index (χ0v) is 9.12. The first-order valence-electron chi connectivity index (χ1n) is 3.92. The third-order valence-corrected chi connectivity index (χ3v) is 2.59. The van der Waals surface area contributed by atoms with E-state index in [1.807, 2.05) is 19.1 Å². The van der Waals surface area contributed by atoms with E-state index in [0.717, 1.165) is 11.5 Å². The maximum atomic E-state index is 6.02. The van der Waals surface area contributed by atoms with Crippen molar-refractivity contribution in [2.24, 2.45) is 0 Å². The minimum atomic E-state index is 0.570. The van der Waals surface area contributed by atoms with Crippen LogP contribution in [0.2, 0.25) is 10.0 Å². The molecule has 1 aromatic carbocycles. The van der Waals surface area contributed by atoms with Gasteiger partial charge in [-0.2, -0.15) is 0 Å². The molecule has 0 amide bonds. The maximum absolute atomic E-state index is 6.02. The minimum absolute atomic E-state index is 0.570. The molecular formula is C10H11Cl2O. The molecule has 1 rings (SSSR count). The normalized spacial score (nSPS) is 10.8. The van der Waals surface area contributed by atoms with Crippen molar-refractivity contribution < 1.29 is 4.74 Å². The van der Waals surface area contributed by atoms with E-state index in [1.165, 1.54) is 0 Å². The molecule has 0 aliphatic heterocycles. The summed E-state index contributed by atoms with van der Waals surface area (Å²) in [5, 5.41) is 1.17. The van der Waals surface area contributed by atoms with Crippen LogP contribution in [0.15, 0.2) is 18.2 Å². The summed E-state index contributed by atoms with van der Waals surface area (Å²) >= 11 is 11.9. The van der Waals surface area contributed by atoms with Gasteiger partial charge in [0.15, 0.2) is 0 Å². The van der Waals surface area contributed by atoms with Crippen LogP contribution in [0.3, 0.4) is 0 Å². The Morgan fingerprint density at radius 1 is 1.38 bits per heavy atom. The maximum Gasteiger partial charge on any atom is 0.0631 e. The smallest absolute Gasteiger partial charge is 0.0631 e. The van der Waals surface area contributed by atoms with Crippen LogP contribution in [-0.4, -0.2) is 13.7 Å². The zero-order valence-electron chi connectivity index (χ0n) is 7.60. The molecule has 0 spiro atoms. The molecule has 1 aromatic rings. The summed E-state index contributed by atoms with van der Waals surface area (Å²) in [6, 6.07) is 5.58. The van der Waals surface area contributed by atoms with E-state index in [1.54, 1.807) is 13.2 Å². The summed E-state index contributed by atoms with van der Waals surface area (Å²) in [7, 11) is 1.65. The van der Waals surface area contributed by atoms with Crippen molar-refractivity contribution in [1.82, 2.24) is 0 Å². The number of hydrogen-bond acceptors (Lipinski definition) is 1. The predicted octanol–water partition coefficient (Wildman–Crippen LogP) is 3.58. The number of rotatable bonds is 3. The average molecular weight is 218 g/mol.